The maximum Gasteiger partial charge on any atom is 0.227 e. The molecule has 4 aromatic rings. The smallest absolute Gasteiger partial charge is 0.227 e. The average molecular weight is 549 g/mol. The van der Waals surface area contributed by atoms with Crippen LogP contribution in [0.4, 0.5) is 5.13 Å². The Bertz CT molecular complexity index is 1260. The minimum atomic E-state index is -0.198. The van der Waals surface area contributed by atoms with Crippen LogP contribution in [0, 0.1) is 0 Å². The number of anilines is 1. The fourth-order valence-corrected chi connectivity index (χ4v) is 4.74. The van der Waals surface area contributed by atoms with Gasteiger partial charge < -0.3 is 10.2 Å². The molecular formula is C27H25BrN4O2S. The minimum Gasteiger partial charge on any atom is -0.338 e. The Balaban J connectivity index is 1.35. The van der Waals surface area contributed by atoms with Gasteiger partial charge in [0.25, 0.3) is 0 Å². The van der Waals surface area contributed by atoms with E-state index in [1.165, 1.54) is 11.3 Å². The lowest BCUT2D eigenvalue weighted by Crippen LogP contribution is -2.33. The highest BCUT2D eigenvalue weighted by molar-refractivity contribution is 9.10. The zero-order valence-electron chi connectivity index (χ0n) is 19.1. The molecule has 0 spiro atoms. The minimum absolute atomic E-state index is 0.0263. The van der Waals surface area contributed by atoms with Crippen molar-refractivity contribution in [2.45, 2.75) is 25.8 Å². The van der Waals surface area contributed by atoms with Crippen LogP contribution in [0.25, 0.3) is 10.6 Å². The molecule has 2 amide bonds. The quantitative estimate of drug-likeness (QED) is 0.265. The SMILES string of the molecule is O=C(CCN(Cc1ccccc1)C(=O)CCc1ccccc1)Nc1nnc(-c2cccc(Br)c2)s1. The fourth-order valence-electron chi connectivity index (χ4n) is 3.58. The van der Waals surface area contributed by atoms with Crippen molar-refractivity contribution >= 4 is 44.2 Å². The van der Waals surface area contributed by atoms with Gasteiger partial charge in [-0.05, 0) is 29.7 Å². The van der Waals surface area contributed by atoms with E-state index in [1.54, 1.807) is 4.90 Å². The van der Waals surface area contributed by atoms with Gasteiger partial charge in [0.05, 0.1) is 0 Å². The zero-order chi connectivity index (χ0) is 24.5. The second-order valence-electron chi connectivity index (χ2n) is 8.01. The number of nitrogens with zero attached hydrogens (tertiary/aromatic N) is 3. The van der Waals surface area contributed by atoms with Gasteiger partial charge in [-0.3, -0.25) is 9.59 Å². The van der Waals surface area contributed by atoms with E-state index in [0.29, 0.717) is 31.1 Å². The van der Waals surface area contributed by atoms with Crippen LogP contribution in [0.3, 0.4) is 0 Å². The van der Waals surface area contributed by atoms with Gasteiger partial charge in [-0.2, -0.15) is 0 Å². The molecule has 0 aliphatic carbocycles. The Morgan fingerprint density at radius 1 is 0.857 bits per heavy atom. The zero-order valence-corrected chi connectivity index (χ0v) is 21.5. The molecule has 8 heteroatoms. The average Bonchev–Trinajstić information content (AvgIpc) is 3.35. The normalized spacial score (nSPS) is 10.7. The summed E-state index contributed by atoms with van der Waals surface area (Å²) in [5.41, 5.74) is 3.08. The van der Waals surface area contributed by atoms with Crippen LogP contribution in [-0.2, 0) is 22.6 Å². The Kier molecular flexibility index (Phi) is 8.75. The van der Waals surface area contributed by atoms with Crippen LogP contribution in [0.2, 0.25) is 0 Å². The highest BCUT2D eigenvalue weighted by Crippen LogP contribution is 2.28. The summed E-state index contributed by atoms with van der Waals surface area (Å²) in [6.07, 6.45) is 1.24. The third-order valence-corrected chi connectivity index (χ3v) is 6.77. The molecule has 0 radical (unpaired) electrons. The van der Waals surface area contributed by atoms with Gasteiger partial charge in [0.1, 0.15) is 5.01 Å². The molecule has 6 nitrogen and oxygen atoms in total. The highest BCUT2D eigenvalue weighted by Gasteiger charge is 2.17. The molecule has 0 atom stereocenters. The Morgan fingerprint density at radius 3 is 2.29 bits per heavy atom. The molecule has 4 rings (SSSR count). The second-order valence-corrected chi connectivity index (χ2v) is 9.90. The standard InChI is InChI=1S/C27H25BrN4O2S/c28-23-13-7-12-22(18-23)26-30-31-27(35-26)29-24(33)16-17-32(19-21-10-5-2-6-11-21)25(34)15-14-20-8-3-1-4-9-20/h1-13,18H,14-17,19H2,(H,29,31,33). The van der Waals surface area contributed by atoms with Gasteiger partial charge in [-0.15, -0.1) is 10.2 Å². The Morgan fingerprint density at radius 2 is 1.57 bits per heavy atom. The predicted molar refractivity (Wildman–Crippen MR) is 143 cm³/mol. The molecule has 0 saturated heterocycles. The van der Waals surface area contributed by atoms with Crippen LogP contribution < -0.4 is 5.32 Å². The first-order valence-corrected chi connectivity index (χ1v) is 12.9. The Labute approximate surface area is 217 Å². The number of benzene rings is 3. The molecule has 0 unspecified atom stereocenters. The van der Waals surface area contributed by atoms with Crippen molar-refractivity contribution in [2.75, 3.05) is 11.9 Å². The molecule has 0 aliphatic heterocycles. The number of hydrogen-bond donors (Lipinski definition) is 1. The summed E-state index contributed by atoms with van der Waals surface area (Å²) in [5.74, 6) is -0.172. The van der Waals surface area contributed by atoms with Crippen molar-refractivity contribution in [1.29, 1.82) is 0 Å². The van der Waals surface area contributed by atoms with E-state index >= 15 is 0 Å². The molecule has 3 aromatic carbocycles. The molecule has 1 N–H and O–H groups in total. The van der Waals surface area contributed by atoms with Crippen molar-refractivity contribution < 1.29 is 9.59 Å². The van der Waals surface area contributed by atoms with E-state index < -0.39 is 0 Å². The maximum atomic E-state index is 13.0. The molecule has 1 heterocycles. The molecule has 0 saturated carbocycles. The van der Waals surface area contributed by atoms with Crippen LogP contribution in [0.1, 0.15) is 24.0 Å². The molecule has 0 bridgehead atoms. The summed E-state index contributed by atoms with van der Waals surface area (Å²) in [6, 6.07) is 27.5. The topological polar surface area (TPSA) is 75.2 Å². The number of nitrogens with one attached hydrogen (secondary N) is 1. The largest absolute Gasteiger partial charge is 0.338 e. The van der Waals surface area contributed by atoms with E-state index in [1.807, 2.05) is 84.9 Å². The molecule has 35 heavy (non-hydrogen) atoms. The predicted octanol–water partition coefficient (Wildman–Crippen LogP) is 5.96. The highest BCUT2D eigenvalue weighted by atomic mass is 79.9. The van der Waals surface area contributed by atoms with Crippen molar-refractivity contribution in [2.24, 2.45) is 0 Å². The summed E-state index contributed by atoms with van der Waals surface area (Å²) >= 11 is 4.77. The molecule has 0 fully saturated rings. The number of amides is 2. The lowest BCUT2D eigenvalue weighted by atomic mass is 10.1. The number of aryl methyl sites for hydroxylation is 1. The molecule has 1 aromatic heterocycles. The van der Waals surface area contributed by atoms with Crippen molar-refractivity contribution in [3.8, 4) is 10.6 Å². The summed E-state index contributed by atoms with van der Waals surface area (Å²) in [5, 5.41) is 12.3. The van der Waals surface area contributed by atoms with Crippen molar-refractivity contribution in [3.05, 3.63) is 101 Å². The number of halogens is 1. The van der Waals surface area contributed by atoms with E-state index in [2.05, 4.69) is 31.4 Å². The molecule has 0 aliphatic rings. The second kappa shape index (κ2) is 12.4. The lowest BCUT2D eigenvalue weighted by Gasteiger charge is -2.23. The third kappa shape index (κ3) is 7.56. The van der Waals surface area contributed by atoms with Crippen molar-refractivity contribution in [3.63, 3.8) is 0 Å². The molecule has 178 valence electrons. The van der Waals surface area contributed by atoms with E-state index in [9.17, 15) is 9.59 Å². The fraction of sp³-hybridized carbons (Fsp3) is 0.185. The third-order valence-electron chi connectivity index (χ3n) is 5.39. The maximum absolute atomic E-state index is 13.0. The van der Waals surface area contributed by atoms with Gasteiger partial charge in [0, 0.05) is 36.0 Å². The number of carbonyl (C=O) groups is 2. The monoisotopic (exact) mass is 548 g/mol. The van der Waals surface area contributed by atoms with E-state index in [-0.39, 0.29) is 18.2 Å². The summed E-state index contributed by atoms with van der Waals surface area (Å²) < 4.78 is 0.950. The van der Waals surface area contributed by atoms with Crippen LogP contribution in [0.15, 0.2) is 89.4 Å². The summed E-state index contributed by atoms with van der Waals surface area (Å²) in [6.45, 7) is 0.791. The van der Waals surface area contributed by atoms with E-state index in [0.717, 1.165) is 26.2 Å². The van der Waals surface area contributed by atoms with Crippen molar-refractivity contribution in [1.82, 2.24) is 15.1 Å². The number of hydrogen-bond acceptors (Lipinski definition) is 5. The van der Waals surface area contributed by atoms with Crippen LogP contribution >= 0.6 is 27.3 Å². The van der Waals surface area contributed by atoms with E-state index in [4.69, 9.17) is 0 Å². The van der Waals surface area contributed by atoms with Gasteiger partial charge >= 0.3 is 0 Å². The van der Waals surface area contributed by atoms with Gasteiger partial charge in [0.15, 0.2) is 0 Å². The number of carbonyl (C=O) groups excluding carboxylic acids is 2. The van der Waals surface area contributed by atoms with Crippen LogP contribution in [0.5, 0.6) is 0 Å². The Hall–Kier alpha value is -3.36. The van der Waals surface area contributed by atoms with Gasteiger partial charge in [0.2, 0.25) is 16.9 Å². The summed E-state index contributed by atoms with van der Waals surface area (Å²) in [7, 11) is 0. The lowest BCUT2D eigenvalue weighted by molar-refractivity contribution is -0.132. The molecular weight excluding hydrogens is 524 g/mol. The van der Waals surface area contributed by atoms with Crippen LogP contribution in [-0.4, -0.2) is 33.5 Å². The first-order valence-electron chi connectivity index (χ1n) is 11.3. The number of aromatic nitrogens is 2. The van der Waals surface area contributed by atoms with Gasteiger partial charge in [-0.25, -0.2) is 0 Å². The number of rotatable bonds is 10. The van der Waals surface area contributed by atoms with Gasteiger partial charge in [-0.1, -0.05) is 100 Å². The summed E-state index contributed by atoms with van der Waals surface area (Å²) in [4.78, 5) is 27.5. The first-order chi connectivity index (χ1) is 17.1. The first kappa shape index (κ1) is 24.8.